The molecule has 5 heteroatoms. The van der Waals surface area contributed by atoms with E-state index in [0.717, 1.165) is 33.7 Å². The average Bonchev–Trinajstić information content (AvgIpc) is 3.16. The fourth-order valence-electron chi connectivity index (χ4n) is 4.21. The van der Waals surface area contributed by atoms with Gasteiger partial charge in [0.25, 0.3) is 0 Å². The minimum absolute atomic E-state index is 0.135. The zero-order valence-electron chi connectivity index (χ0n) is 16.7. The van der Waals surface area contributed by atoms with Gasteiger partial charge < -0.3 is 4.90 Å². The van der Waals surface area contributed by atoms with Crippen LogP contribution >= 0.6 is 0 Å². The number of aryl methyl sites for hydroxylation is 1. The molecular weight excluding hydrogens is 372 g/mol. The first-order chi connectivity index (χ1) is 14.6. The molecule has 1 amide bonds. The highest BCUT2D eigenvalue weighted by Crippen LogP contribution is 2.30. The van der Waals surface area contributed by atoms with Crippen LogP contribution < -0.4 is 0 Å². The van der Waals surface area contributed by atoms with E-state index in [4.69, 9.17) is 10.3 Å². The number of amides is 1. The molecule has 0 N–H and O–H groups in total. The van der Waals surface area contributed by atoms with Crippen LogP contribution in [-0.4, -0.2) is 21.5 Å². The monoisotopic (exact) mass is 392 g/mol. The summed E-state index contributed by atoms with van der Waals surface area (Å²) in [5.74, 6) is 0.135. The number of rotatable bonds is 3. The lowest BCUT2D eigenvalue weighted by atomic mass is 9.91. The fourth-order valence-corrected chi connectivity index (χ4v) is 4.21. The summed E-state index contributed by atoms with van der Waals surface area (Å²) in [6.07, 6.45) is 2.24. The molecular formula is C25H20N4O. The molecule has 3 aromatic rings. The summed E-state index contributed by atoms with van der Waals surface area (Å²) in [6, 6.07) is 18.0. The van der Waals surface area contributed by atoms with Crippen LogP contribution in [0.5, 0.6) is 0 Å². The fraction of sp³-hybridized carbons (Fsp3) is 0.200. The van der Waals surface area contributed by atoms with E-state index in [-0.39, 0.29) is 5.91 Å². The summed E-state index contributed by atoms with van der Waals surface area (Å²) in [6.45, 7) is 3.78. The lowest BCUT2D eigenvalue weighted by molar-refractivity contribution is -0.132. The van der Waals surface area contributed by atoms with Gasteiger partial charge >= 0.3 is 0 Å². The highest BCUT2D eigenvalue weighted by molar-refractivity contribution is 6.15. The summed E-state index contributed by atoms with van der Waals surface area (Å²) in [7, 11) is 0. The Morgan fingerprint density at radius 3 is 2.67 bits per heavy atom. The molecule has 0 aliphatic carbocycles. The maximum absolute atomic E-state index is 12.7. The number of nitrogens with zero attached hydrogens (tertiary/aromatic N) is 4. The summed E-state index contributed by atoms with van der Waals surface area (Å²) >= 11 is 0. The quantitative estimate of drug-likeness (QED) is 0.682. The number of benzene rings is 2. The molecule has 2 aromatic carbocycles. The second-order valence-electron chi connectivity index (χ2n) is 7.86. The number of fused-ring (bicyclic) bond motifs is 2. The molecule has 0 spiro atoms. The number of hydrogen-bond donors (Lipinski definition) is 0. The Morgan fingerprint density at radius 1 is 1.07 bits per heavy atom. The summed E-state index contributed by atoms with van der Waals surface area (Å²) in [4.78, 5) is 23.7. The average molecular weight is 392 g/mol. The van der Waals surface area contributed by atoms with Crippen LogP contribution in [-0.2, 0) is 30.8 Å². The van der Waals surface area contributed by atoms with E-state index in [1.54, 1.807) is 12.1 Å². The maximum Gasteiger partial charge on any atom is 0.227 e. The van der Waals surface area contributed by atoms with Crippen molar-refractivity contribution >= 4 is 11.6 Å². The van der Waals surface area contributed by atoms with Gasteiger partial charge in [-0.1, -0.05) is 18.2 Å². The van der Waals surface area contributed by atoms with E-state index >= 15 is 0 Å². The maximum atomic E-state index is 12.7. The largest absolute Gasteiger partial charge is 0.334 e. The first-order valence-electron chi connectivity index (χ1n) is 10.00. The lowest BCUT2D eigenvalue weighted by Gasteiger charge is -2.29. The number of pyridine rings is 1. The zero-order valence-corrected chi connectivity index (χ0v) is 16.7. The van der Waals surface area contributed by atoms with Crippen LogP contribution in [0.15, 0.2) is 59.7 Å². The van der Waals surface area contributed by atoms with Gasteiger partial charge in [0.05, 0.1) is 30.3 Å². The summed E-state index contributed by atoms with van der Waals surface area (Å²) in [5.41, 5.74) is 9.36. The van der Waals surface area contributed by atoms with Gasteiger partial charge in [-0.2, -0.15) is 5.26 Å². The molecule has 5 nitrogen and oxygen atoms in total. The van der Waals surface area contributed by atoms with Crippen molar-refractivity contribution in [2.45, 2.75) is 33.0 Å². The third-order valence-corrected chi connectivity index (χ3v) is 5.77. The predicted octanol–water partition coefficient (Wildman–Crippen LogP) is 3.70. The van der Waals surface area contributed by atoms with Crippen LogP contribution in [0.3, 0.4) is 0 Å². The molecule has 0 bridgehead atoms. The number of aliphatic imine (C=N–C) groups is 1. The number of nitriles is 1. The highest BCUT2D eigenvalue weighted by atomic mass is 16.2. The van der Waals surface area contributed by atoms with Crippen molar-refractivity contribution < 1.29 is 4.79 Å². The number of hydrogen-bond acceptors (Lipinski definition) is 4. The van der Waals surface area contributed by atoms with Crippen LogP contribution in [0.2, 0.25) is 0 Å². The van der Waals surface area contributed by atoms with Crippen LogP contribution in [0.25, 0.3) is 0 Å². The molecule has 146 valence electrons. The Hall–Kier alpha value is -3.78. The molecule has 0 fully saturated rings. The molecule has 5 rings (SSSR count). The molecule has 0 unspecified atom stereocenters. The molecule has 2 aliphatic rings. The van der Waals surface area contributed by atoms with E-state index in [0.29, 0.717) is 31.6 Å². The van der Waals surface area contributed by atoms with Crippen molar-refractivity contribution in [2.24, 2.45) is 4.99 Å². The third-order valence-electron chi connectivity index (χ3n) is 5.77. The third kappa shape index (κ3) is 3.27. The minimum atomic E-state index is 0.135. The Kier molecular flexibility index (Phi) is 4.40. The molecule has 2 aliphatic heterocycles. The van der Waals surface area contributed by atoms with Gasteiger partial charge in [-0.25, -0.2) is 0 Å². The highest BCUT2D eigenvalue weighted by Gasteiger charge is 2.27. The van der Waals surface area contributed by atoms with Gasteiger partial charge in [0.15, 0.2) is 0 Å². The normalized spacial score (nSPS) is 14.7. The Morgan fingerprint density at radius 2 is 1.90 bits per heavy atom. The van der Waals surface area contributed by atoms with Crippen molar-refractivity contribution in [3.8, 4) is 6.07 Å². The molecule has 1 aromatic heterocycles. The van der Waals surface area contributed by atoms with Crippen molar-refractivity contribution in [3.63, 3.8) is 0 Å². The Labute approximate surface area is 175 Å². The van der Waals surface area contributed by atoms with Gasteiger partial charge in [-0.05, 0) is 59.5 Å². The molecule has 3 heterocycles. The molecule has 0 saturated heterocycles. The van der Waals surface area contributed by atoms with Crippen LogP contribution in [0.4, 0.5) is 0 Å². The summed E-state index contributed by atoms with van der Waals surface area (Å²) < 4.78 is 0. The molecule has 0 radical (unpaired) electrons. The first kappa shape index (κ1) is 18.3. The van der Waals surface area contributed by atoms with Crippen LogP contribution in [0.1, 0.15) is 44.6 Å². The van der Waals surface area contributed by atoms with Crippen molar-refractivity contribution in [2.75, 3.05) is 0 Å². The summed E-state index contributed by atoms with van der Waals surface area (Å²) in [5, 5.41) is 8.97. The first-order valence-corrected chi connectivity index (χ1v) is 10.00. The van der Waals surface area contributed by atoms with Gasteiger partial charge in [0.2, 0.25) is 5.91 Å². The van der Waals surface area contributed by atoms with Crippen LogP contribution in [0, 0.1) is 18.3 Å². The Bertz CT molecular complexity index is 1230. The van der Waals surface area contributed by atoms with Crippen molar-refractivity contribution in [1.82, 2.24) is 9.88 Å². The van der Waals surface area contributed by atoms with Gasteiger partial charge in [0.1, 0.15) is 0 Å². The number of carbonyl (C=O) groups is 1. The lowest BCUT2D eigenvalue weighted by Crippen LogP contribution is -2.35. The Balaban J connectivity index is 1.43. The second kappa shape index (κ2) is 7.23. The topological polar surface area (TPSA) is 69.3 Å². The van der Waals surface area contributed by atoms with Gasteiger partial charge in [-0.3, -0.25) is 14.8 Å². The molecule has 0 saturated carbocycles. The van der Waals surface area contributed by atoms with E-state index in [2.05, 4.69) is 29.3 Å². The van der Waals surface area contributed by atoms with Gasteiger partial charge in [0, 0.05) is 36.1 Å². The zero-order chi connectivity index (χ0) is 20.7. The number of aromatic nitrogens is 1. The number of carbonyl (C=O) groups excluding carboxylic acids is 1. The second-order valence-corrected chi connectivity index (χ2v) is 7.86. The van der Waals surface area contributed by atoms with Crippen molar-refractivity contribution in [3.05, 3.63) is 99.4 Å². The smallest absolute Gasteiger partial charge is 0.227 e. The van der Waals surface area contributed by atoms with Gasteiger partial charge in [-0.15, -0.1) is 0 Å². The standard InChI is InChI=1S/C25H20N4O/c1-16-8-19(6-7-27-16)25-23-10-22-15-29(14-18-4-2-17(12-26)3-5-18)24(30)11-20(22)9-21(23)13-28-25/h2-10H,11,13-15H2,1H3. The molecule has 0 atom stereocenters. The van der Waals surface area contributed by atoms with E-state index in [1.165, 1.54) is 11.1 Å². The van der Waals surface area contributed by atoms with Crippen molar-refractivity contribution in [1.29, 1.82) is 5.26 Å². The minimum Gasteiger partial charge on any atom is -0.334 e. The van der Waals surface area contributed by atoms with E-state index < -0.39 is 0 Å². The van der Waals surface area contributed by atoms with E-state index in [1.807, 2.05) is 36.2 Å². The SMILES string of the molecule is Cc1cc(C2=NCc3cc4c(cc32)CN(Cc2ccc(C#N)cc2)C(=O)C4)ccn1. The van der Waals surface area contributed by atoms with E-state index in [9.17, 15) is 4.79 Å². The predicted molar refractivity (Wildman–Crippen MR) is 114 cm³/mol. The molecule has 30 heavy (non-hydrogen) atoms.